The van der Waals surface area contributed by atoms with Crippen LogP contribution in [0.5, 0.6) is 5.75 Å². The largest absolute Gasteiger partial charge is 0.487 e. The Morgan fingerprint density at radius 3 is 2.68 bits per heavy atom. The number of halogens is 1. The van der Waals surface area contributed by atoms with Crippen molar-refractivity contribution in [2.75, 3.05) is 0 Å². The molecule has 0 unspecified atom stereocenters. The lowest BCUT2D eigenvalue weighted by Gasteiger charge is -2.11. The van der Waals surface area contributed by atoms with E-state index in [9.17, 15) is 4.39 Å². The van der Waals surface area contributed by atoms with E-state index in [1.165, 1.54) is 12.1 Å². The average Bonchev–Trinajstić information content (AvgIpc) is 2.90. The highest BCUT2D eigenvalue weighted by Crippen LogP contribution is 2.25. The van der Waals surface area contributed by atoms with Gasteiger partial charge in [-0.1, -0.05) is 24.3 Å². The third-order valence-electron chi connectivity index (χ3n) is 3.81. The van der Waals surface area contributed by atoms with E-state index in [0.29, 0.717) is 18.9 Å². The van der Waals surface area contributed by atoms with Crippen molar-refractivity contribution in [3.05, 3.63) is 65.6 Å². The van der Waals surface area contributed by atoms with E-state index < -0.39 is 0 Å². The van der Waals surface area contributed by atoms with Gasteiger partial charge in [0.1, 0.15) is 18.2 Å². The average molecular weight is 298 g/mol. The second-order valence-corrected chi connectivity index (χ2v) is 5.19. The normalized spacial score (nSPS) is 11.0. The van der Waals surface area contributed by atoms with E-state index in [1.807, 2.05) is 12.1 Å². The molecule has 0 bridgehead atoms. The van der Waals surface area contributed by atoms with Crippen LogP contribution in [0.1, 0.15) is 18.2 Å². The number of nitrogens with two attached hydrogens (primary N) is 1. The zero-order chi connectivity index (χ0) is 15.5. The lowest BCUT2D eigenvalue weighted by atomic mass is 10.1. The van der Waals surface area contributed by atoms with Gasteiger partial charge < -0.3 is 15.0 Å². The summed E-state index contributed by atoms with van der Waals surface area (Å²) in [4.78, 5) is 0. The van der Waals surface area contributed by atoms with Crippen LogP contribution in [0.2, 0.25) is 0 Å². The molecule has 0 aliphatic heterocycles. The van der Waals surface area contributed by atoms with Crippen LogP contribution in [0.4, 0.5) is 4.39 Å². The van der Waals surface area contributed by atoms with E-state index in [1.54, 1.807) is 12.1 Å². The molecule has 3 nitrogen and oxygen atoms in total. The molecule has 22 heavy (non-hydrogen) atoms. The molecule has 3 aromatic rings. The predicted octanol–water partition coefficient (Wildman–Crippen LogP) is 3.84. The Hall–Kier alpha value is -2.33. The van der Waals surface area contributed by atoms with Crippen molar-refractivity contribution in [1.29, 1.82) is 0 Å². The van der Waals surface area contributed by atoms with Crippen molar-refractivity contribution in [1.82, 2.24) is 4.57 Å². The first-order valence-corrected chi connectivity index (χ1v) is 7.41. The van der Waals surface area contributed by atoms with Crippen LogP contribution in [0, 0.1) is 5.82 Å². The number of nitrogens with zero attached hydrogens (tertiary/aromatic N) is 1. The van der Waals surface area contributed by atoms with Crippen LogP contribution in [0.25, 0.3) is 10.9 Å². The number of aryl methyl sites for hydroxylation is 1. The van der Waals surface area contributed by atoms with Gasteiger partial charge in [0.05, 0.1) is 11.2 Å². The Labute approximate surface area is 129 Å². The minimum atomic E-state index is -0.293. The van der Waals surface area contributed by atoms with Gasteiger partial charge in [-0.25, -0.2) is 4.39 Å². The summed E-state index contributed by atoms with van der Waals surface area (Å²) >= 11 is 0. The van der Waals surface area contributed by atoms with Gasteiger partial charge in [-0.3, -0.25) is 0 Å². The summed E-state index contributed by atoms with van der Waals surface area (Å²) in [6.45, 7) is 3.84. The number of ether oxygens (including phenoxy) is 1. The molecule has 0 saturated carbocycles. The zero-order valence-corrected chi connectivity index (χ0v) is 12.6. The number of fused-ring (bicyclic) bond motifs is 1. The minimum absolute atomic E-state index is 0.293. The van der Waals surface area contributed by atoms with Crippen molar-refractivity contribution in [3.63, 3.8) is 0 Å². The smallest absolute Gasteiger partial charge is 0.128 e. The molecule has 4 heteroatoms. The summed E-state index contributed by atoms with van der Waals surface area (Å²) in [7, 11) is 0. The molecule has 0 fully saturated rings. The first-order valence-electron chi connectivity index (χ1n) is 7.41. The van der Waals surface area contributed by atoms with Gasteiger partial charge in [0.25, 0.3) is 0 Å². The molecule has 0 saturated heterocycles. The third kappa shape index (κ3) is 2.70. The van der Waals surface area contributed by atoms with Crippen molar-refractivity contribution < 1.29 is 9.13 Å². The quantitative estimate of drug-likeness (QED) is 0.777. The lowest BCUT2D eigenvalue weighted by Crippen LogP contribution is -2.07. The van der Waals surface area contributed by atoms with Gasteiger partial charge in [-0.15, -0.1) is 0 Å². The summed E-state index contributed by atoms with van der Waals surface area (Å²) in [6.07, 6.45) is 0. The standard InChI is InChI=1S/C18H19FN2O/c1-2-21-16(12-22-17-8-4-7-15(19)10-17)9-13-5-3-6-14(11-20)18(13)21/h3-10H,2,11-12,20H2,1H3. The molecule has 0 aliphatic rings. The van der Waals surface area contributed by atoms with Gasteiger partial charge >= 0.3 is 0 Å². The van der Waals surface area contributed by atoms with Gasteiger partial charge in [-0.05, 0) is 30.7 Å². The Kier molecular flexibility index (Phi) is 4.11. The molecular formula is C18H19FN2O. The number of hydrogen-bond donors (Lipinski definition) is 1. The Bertz CT molecular complexity index is 795. The highest BCUT2D eigenvalue weighted by Gasteiger charge is 2.11. The first kappa shape index (κ1) is 14.6. The van der Waals surface area contributed by atoms with Crippen LogP contribution < -0.4 is 10.5 Å². The van der Waals surface area contributed by atoms with Crippen LogP contribution in [0.15, 0.2) is 48.5 Å². The second-order valence-electron chi connectivity index (χ2n) is 5.19. The minimum Gasteiger partial charge on any atom is -0.487 e. The van der Waals surface area contributed by atoms with Gasteiger partial charge in [-0.2, -0.15) is 0 Å². The zero-order valence-electron chi connectivity index (χ0n) is 12.6. The van der Waals surface area contributed by atoms with Crippen molar-refractivity contribution >= 4 is 10.9 Å². The molecule has 0 spiro atoms. The molecule has 0 aliphatic carbocycles. The highest BCUT2D eigenvalue weighted by molar-refractivity contribution is 5.84. The summed E-state index contributed by atoms with van der Waals surface area (Å²) in [5.41, 5.74) is 9.18. The van der Waals surface area contributed by atoms with E-state index in [0.717, 1.165) is 28.7 Å². The maximum atomic E-state index is 13.2. The fourth-order valence-corrected chi connectivity index (χ4v) is 2.82. The Balaban J connectivity index is 1.93. The molecule has 1 heterocycles. The van der Waals surface area contributed by atoms with Crippen LogP contribution in [-0.4, -0.2) is 4.57 Å². The highest BCUT2D eigenvalue weighted by atomic mass is 19.1. The molecular weight excluding hydrogens is 279 g/mol. The number of para-hydroxylation sites is 1. The summed E-state index contributed by atoms with van der Waals surface area (Å²) in [5, 5.41) is 1.16. The van der Waals surface area contributed by atoms with Crippen LogP contribution >= 0.6 is 0 Å². The monoisotopic (exact) mass is 298 g/mol. The van der Waals surface area contributed by atoms with Gasteiger partial charge in [0.2, 0.25) is 0 Å². The Morgan fingerprint density at radius 1 is 1.14 bits per heavy atom. The van der Waals surface area contributed by atoms with Crippen molar-refractivity contribution in [3.8, 4) is 5.75 Å². The number of hydrogen-bond acceptors (Lipinski definition) is 2. The van der Waals surface area contributed by atoms with Crippen molar-refractivity contribution in [2.45, 2.75) is 26.6 Å². The molecule has 3 rings (SSSR count). The predicted molar refractivity (Wildman–Crippen MR) is 86.2 cm³/mol. The second kappa shape index (κ2) is 6.20. The molecule has 2 N–H and O–H groups in total. The molecule has 2 aromatic carbocycles. The number of aromatic nitrogens is 1. The summed E-state index contributed by atoms with van der Waals surface area (Å²) < 4.78 is 21.1. The topological polar surface area (TPSA) is 40.2 Å². The SMILES string of the molecule is CCn1c(COc2cccc(F)c2)cc2cccc(CN)c21. The fraction of sp³-hybridized carbons (Fsp3) is 0.222. The number of rotatable bonds is 5. The molecule has 0 radical (unpaired) electrons. The number of benzene rings is 2. The molecule has 114 valence electrons. The molecule has 1 aromatic heterocycles. The first-order chi connectivity index (χ1) is 10.7. The van der Waals surface area contributed by atoms with E-state index >= 15 is 0 Å². The van der Waals surface area contributed by atoms with Crippen LogP contribution in [0.3, 0.4) is 0 Å². The maximum Gasteiger partial charge on any atom is 0.128 e. The lowest BCUT2D eigenvalue weighted by molar-refractivity contribution is 0.294. The van der Waals surface area contributed by atoms with Gasteiger partial charge in [0.15, 0.2) is 0 Å². The van der Waals surface area contributed by atoms with Crippen molar-refractivity contribution in [2.24, 2.45) is 5.73 Å². The Morgan fingerprint density at radius 2 is 1.95 bits per heavy atom. The van der Waals surface area contributed by atoms with Crippen LogP contribution in [-0.2, 0) is 19.7 Å². The fourth-order valence-electron chi connectivity index (χ4n) is 2.82. The van der Waals surface area contributed by atoms with E-state index in [-0.39, 0.29) is 5.82 Å². The molecule has 0 amide bonds. The summed E-state index contributed by atoms with van der Waals surface area (Å²) in [6, 6.07) is 14.4. The summed E-state index contributed by atoms with van der Waals surface area (Å²) in [5.74, 6) is 0.242. The van der Waals surface area contributed by atoms with E-state index in [2.05, 4.69) is 23.6 Å². The third-order valence-corrected chi connectivity index (χ3v) is 3.81. The van der Waals surface area contributed by atoms with Gasteiger partial charge in [0, 0.05) is 24.5 Å². The van der Waals surface area contributed by atoms with E-state index in [4.69, 9.17) is 10.5 Å². The maximum absolute atomic E-state index is 13.2. The molecule has 0 atom stereocenters.